The van der Waals surface area contributed by atoms with Gasteiger partial charge in [-0.05, 0) is 25.0 Å². The zero-order valence-corrected chi connectivity index (χ0v) is 19.2. The molecule has 1 aromatic carbocycles. The summed E-state index contributed by atoms with van der Waals surface area (Å²) in [6.45, 7) is 6.58. The summed E-state index contributed by atoms with van der Waals surface area (Å²) in [5.74, 6) is 0.573. The van der Waals surface area contributed by atoms with Gasteiger partial charge in [-0.3, -0.25) is 4.99 Å². The van der Waals surface area contributed by atoms with Crippen molar-refractivity contribution >= 4 is 35.6 Å². The Labute approximate surface area is 188 Å². The third kappa shape index (κ3) is 7.21. The van der Waals surface area contributed by atoms with E-state index in [1.165, 1.54) is 12.1 Å². The van der Waals surface area contributed by atoms with Gasteiger partial charge in [0, 0.05) is 65.0 Å². The predicted octanol–water partition coefficient (Wildman–Crippen LogP) is 2.72. The molecule has 9 heteroatoms. The van der Waals surface area contributed by atoms with E-state index in [4.69, 9.17) is 9.47 Å². The zero-order valence-electron chi connectivity index (χ0n) is 16.9. The maximum atomic E-state index is 14.0. The molecule has 0 aliphatic carbocycles. The monoisotopic (exact) mass is 524 g/mol. The van der Waals surface area contributed by atoms with Crippen molar-refractivity contribution in [1.29, 1.82) is 0 Å². The summed E-state index contributed by atoms with van der Waals surface area (Å²) >= 11 is 0. The molecule has 2 fully saturated rings. The molecule has 1 unspecified atom stereocenters. The third-order valence-electron chi connectivity index (χ3n) is 5.17. The number of halogens is 3. The maximum Gasteiger partial charge on any atom is 0.193 e. The molecular formula is C20H31F2IN4O2. The predicted molar refractivity (Wildman–Crippen MR) is 121 cm³/mol. The normalized spacial score (nSPS) is 20.0. The number of nitrogens with one attached hydrogen (secondary N) is 1. The van der Waals surface area contributed by atoms with Crippen LogP contribution in [0.25, 0.3) is 0 Å². The highest BCUT2D eigenvalue weighted by atomic mass is 127. The Morgan fingerprint density at radius 1 is 1.28 bits per heavy atom. The van der Waals surface area contributed by atoms with Crippen molar-refractivity contribution in [2.45, 2.75) is 12.8 Å². The molecule has 6 nitrogen and oxygen atoms in total. The van der Waals surface area contributed by atoms with E-state index in [2.05, 4.69) is 15.2 Å². The van der Waals surface area contributed by atoms with Crippen molar-refractivity contribution < 1.29 is 18.3 Å². The van der Waals surface area contributed by atoms with E-state index in [1.54, 1.807) is 7.05 Å². The van der Waals surface area contributed by atoms with Crippen LogP contribution in [-0.4, -0.2) is 77.1 Å². The Morgan fingerprint density at radius 3 is 2.76 bits per heavy atom. The van der Waals surface area contributed by atoms with Crippen molar-refractivity contribution in [3.63, 3.8) is 0 Å². The van der Waals surface area contributed by atoms with Gasteiger partial charge in [-0.1, -0.05) is 0 Å². The second-order valence-electron chi connectivity index (χ2n) is 7.20. The maximum absolute atomic E-state index is 14.0. The van der Waals surface area contributed by atoms with Crippen LogP contribution in [-0.2, 0) is 9.47 Å². The summed E-state index contributed by atoms with van der Waals surface area (Å²) in [7, 11) is 1.76. The Kier molecular flexibility index (Phi) is 10.4. The van der Waals surface area contributed by atoms with E-state index in [-0.39, 0.29) is 29.8 Å². The van der Waals surface area contributed by atoms with Gasteiger partial charge in [-0.15, -0.1) is 24.0 Å². The van der Waals surface area contributed by atoms with Crippen LogP contribution in [0.4, 0.5) is 14.5 Å². The van der Waals surface area contributed by atoms with Gasteiger partial charge < -0.3 is 24.6 Å². The van der Waals surface area contributed by atoms with Crippen molar-refractivity contribution in [2.24, 2.45) is 10.9 Å². The fourth-order valence-electron chi connectivity index (χ4n) is 3.56. The molecule has 1 N–H and O–H groups in total. The highest BCUT2D eigenvalue weighted by Crippen LogP contribution is 2.22. The summed E-state index contributed by atoms with van der Waals surface area (Å²) in [6, 6.07) is 3.58. The number of ether oxygens (including phenoxy) is 2. The first kappa shape index (κ1) is 24.1. The number of hydrogen-bond donors (Lipinski definition) is 1. The first-order chi connectivity index (χ1) is 13.7. The summed E-state index contributed by atoms with van der Waals surface area (Å²) in [6.07, 6.45) is 2.00. The summed E-state index contributed by atoms with van der Waals surface area (Å²) in [4.78, 5) is 8.36. The average molecular weight is 524 g/mol. The van der Waals surface area contributed by atoms with Gasteiger partial charge in [0.15, 0.2) is 5.96 Å². The summed E-state index contributed by atoms with van der Waals surface area (Å²) in [5, 5.41) is 3.36. The van der Waals surface area contributed by atoms with Gasteiger partial charge in [0.2, 0.25) is 0 Å². The quantitative estimate of drug-likeness (QED) is 0.258. The SMILES string of the molecule is CN=C(NCCCOCC1CCOC1)N1CCN(c2cc(F)ccc2F)CC1.I. The molecule has 2 aliphatic heterocycles. The Bertz CT molecular complexity index is 651. The largest absolute Gasteiger partial charge is 0.381 e. The molecule has 2 heterocycles. The standard InChI is InChI=1S/C20H30F2N4O2.HI/c1-23-20(24-6-2-11-27-14-16-5-12-28-15-16)26-9-7-25(8-10-26)19-13-17(21)3-4-18(19)22;/h3-4,13,16H,2,5-12,14-15H2,1H3,(H,23,24);1H. The number of piperazine rings is 1. The van der Waals surface area contributed by atoms with Crippen molar-refractivity contribution in [1.82, 2.24) is 10.2 Å². The molecule has 0 spiro atoms. The number of hydrogen-bond acceptors (Lipinski definition) is 4. The average Bonchev–Trinajstić information content (AvgIpc) is 3.23. The molecule has 164 valence electrons. The molecule has 29 heavy (non-hydrogen) atoms. The number of guanidine groups is 1. The number of anilines is 1. The fraction of sp³-hybridized carbons (Fsp3) is 0.650. The Balaban J connectivity index is 0.00000300. The van der Waals surface area contributed by atoms with Gasteiger partial charge in [-0.2, -0.15) is 0 Å². The summed E-state index contributed by atoms with van der Waals surface area (Å²) in [5.41, 5.74) is 0.326. The molecule has 0 saturated carbocycles. The van der Waals surface area contributed by atoms with Crippen LogP contribution in [0, 0.1) is 17.6 Å². The van der Waals surface area contributed by atoms with E-state index in [0.29, 0.717) is 44.4 Å². The van der Waals surface area contributed by atoms with Gasteiger partial charge in [0.25, 0.3) is 0 Å². The van der Waals surface area contributed by atoms with Gasteiger partial charge in [0.05, 0.1) is 18.9 Å². The third-order valence-corrected chi connectivity index (χ3v) is 5.17. The van der Waals surface area contributed by atoms with E-state index >= 15 is 0 Å². The highest BCUT2D eigenvalue weighted by Gasteiger charge is 2.22. The summed E-state index contributed by atoms with van der Waals surface area (Å²) < 4.78 is 38.5. The van der Waals surface area contributed by atoms with Gasteiger partial charge in [-0.25, -0.2) is 8.78 Å². The molecule has 0 bridgehead atoms. The lowest BCUT2D eigenvalue weighted by Gasteiger charge is -2.37. The molecule has 0 aromatic heterocycles. The van der Waals surface area contributed by atoms with E-state index in [1.807, 2.05) is 4.90 Å². The lowest BCUT2D eigenvalue weighted by molar-refractivity contribution is 0.0887. The van der Waals surface area contributed by atoms with Crippen molar-refractivity contribution in [2.75, 3.05) is 71.1 Å². The minimum absolute atomic E-state index is 0. The van der Waals surface area contributed by atoms with E-state index in [9.17, 15) is 8.78 Å². The van der Waals surface area contributed by atoms with Crippen LogP contribution < -0.4 is 10.2 Å². The number of nitrogens with zero attached hydrogens (tertiary/aromatic N) is 3. The molecule has 3 rings (SSSR count). The minimum atomic E-state index is -0.418. The number of aliphatic imine (C=N–C) groups is 1. The Hall–Kier alpha value is -1.20. The van der Waals surface area contributed by atoms with Crippen LogP contribution >= 0.6 is 24.0 Å². The molecule has 0 amide bonds. The van der Waals surface area contributed by atoms with Crippen LogP contribution in [0.1, 0.15) is 12.8 Å². The molecule has 1 aromatic rings. The lowest BCUT2D eigenvalue weighted by Crippen LogP contribution is -2.52. The first-order valence-electron chi connectivity index (χ1n) is 9.98. The first-order valence-corrected chi connectivity index (χ1v) is 9.98. The second kappa shape index (κ2) is 12.5. The minimum Gasteiger partial charge on any atom is -0.381 e. The topological polar surface area (TPSA) is 49.3 Å². The van der Waals surface area contributed by atoms with Crippen molar-refractivity contribution in [3.05, 3.63) is 29.8 Å². The van der Waals surface area contributed by atoms with Crippen LogP contribution in [0.3, 0.4) is 0 Å². The fourth-order valence-corrected chi connectivity index (χ4v) is 3.56. The van der Waals surface area contributed by atoms with Crippen LogP contribution in [0.2, 0.25) is 0 Å². The van der Waals surface area contributed by atoms with Crippen LogP contribution in [0.5, 0.6) is 0 Å². The van der Waals surface area contributed by atoms with Gasteiger partial charge >= 0.3 is 0 Å². The van der Waals surface area contributed by atoms with Crippen molar-refractivity contribution in [3.8, 4) is 0 Å². The Morgan fingerprint density at radius 2 is 2.07 bits per heavy atom. The molecular weight excluding hydrogens is 493 g/mol. The van der Waals surface area contributed by atoms with Gasteiger partial charge in [0.1, 0.15) is 11.6 Å². The smallest absolute Gasteiger partial charge is 0.193 e. The van der Waals surface area contributed by atoms with E-state index < -0.39 is 5.82 Å². The molecule has 1 atom stereocenters. The lowest BCUT2D eigenvalue weighted by atomic mass is 10.1. The highest BCUT2D eigenvalue weighted by molar-refractivity contribution is 14.0. The van der Waals surface area contributed by atoms with Crippen LogP contribution in [0.15, 0.2) is 23.2 Å². The number of benzene rings is 1. The zero-order chi connectivity index (χ0) is 19.8. The molecule has 0 radical (unpaired) electrons. The van der Waals surface area contributed by atoms with E-state index in [0.717, 1.165) is 51.2 Å². The second-order valence-corrected chi connectivity index (χ2v) is 7.20. The molecule has 2 saturated heterocycles. The molecule has 2 aliphatic rings. The number of rotatable bonds is 7.